The summed E-state index contributed by atoms with van der Waals surface area (Å²) in [7, 11) is 0. The van der Waals surface area contributed by atoms with Gasteiger partial charge in [0.15, 0.2) is 0 Å². The third-order valence-electron chi connectivity index (χ3n) is 11.9. The third-order valence-corrected chi connectivity index (χ3v) is 11.9. The van der Waals surface area contributed by atoms with Crippen molar-refractivity contribution >= 4 is 82.5 Å². The van der Waals surface area contributed by atoms with Crippen LogP contribution in [0.5, 0.6) is 0 Å². The minimum atomic E-state index is 0.831. The van der Waals surface area contributed by atoms with E-state index in [9.17, 15) is 0 Å². The monoisotopic (exact) mass is 753 g/mol. The normalized spacial score (nSPS) is 11.7. The molecule has 0 aliphatic rings. The lowest BCUT2D eigenvalue weighted by Gasteiger charge is -2.25. The van der Waals surface area contributed by atoms with Crippen LogP contribution < -0.4 is 4.90 Å². The summed E-state index contributed by atoms with van der Waals surface area (Å²) in [5.41, 5.74) is 13.5. The Morgan fingerprint density at radius 2 is 0.831 bits per heavy atom. The SMILES string of the molecule is c1ccc(-c2ccc3cccc(-c4cccc5c4oc4cc(N(c6ccc(-c7cccc8ccccc78)cc6)c6ccc7c(c6)oc6ccccc67)ccc45)c3c2)cc1. The number of furan rings is 2. The zero-order valence-electron chi connectivity index (χ0n) is 32.0. The van der Waals surface area contributed by atoms with Gasteiger partial charge in [-0.2, -0.15) is 0 Å². The fourth-order valence-electron chi connectivity index (χ4n) is 9.02. The minimum Gasteiger partial charge on any atom is -0.456 e. The molecule has 12 rings (SSSR count). The van der Waals surface area contributed by atoms with Crippen molar-refractivity contribution in [1.82, 2.24) is 0 Å². The summed E-state index contributed by atoms with van der Waals surface area (Å²) in [5.74, 6) is 0. The van der Waals surface area contributed by atoms with Crippen LogP contribution in [0.2, 0.25) is 0 Å². The van der Waals surface area contributed by atoms with Gasteiger partial charge in [-0.25, -0.2) is 0 Å². The molecule has 0 spiro atoms. The van der Waals surface area contributed by atoms with Gasteiger partial charge in [-0.15, -0.1) is 0 Å². The maximum absolute atomic E-state index is 6.95. The van der Waals surface area contributed by atoms with Gasteiger partial charge in [-0.3, -0.25) is 0 Å². The van der Waals surface area contributed by atoms with E-state index in [2.05, 4.69) is 205 Å². The lowest BCUT2D eigenvalue weighted by molar-refractivity contribution is 0.669. The Morgan fingerprint density at radius 1 is 0.271 bits per heavy atom. The van der Waals surface area contributed by atoms with Crippen LogP contribution in [-0.2, 0) is 0 Å². The van der Waals surface area contributed by atoms with Crippen LogP contribution in [0.15, 0.2) is 221 Å². The Morgan fingerprint density at radius 3 is 1.64 bits per heavy atom. The number of fused-ring (bicyclic) bond motifs is 8. The van der Waals surface area contributed by atoms with E-state index in [0.717, 1.165) is 72.1 Å². The quantitative estimate of drug-likeness (QED) is 0.169. The van der Waals surface area contributed by atoms with Crippen LogP contribution >= 0.6 is 0 Å². The molecule has 0 aliphatic carbocycles. The molecule has 0 saturated carbocycles. The number of nitrogens with zero attached hydrogens (tertiary/aromatic N) is 1. The lowest BCUT2D eigenvalue weighted by Crippen LogP contribution is -2.09. The van der Waals surface area contributed by atoms with Gasteiger partial charge in [0, 0.05) is 56.3 Å². The standard InChI is InChI=1S/C56H35NO2/c1-2-11-36(12-3-1)40-24-23-38-15-9-19-46(52(38)33-40)50-20-10-21-51-49-32-30-43(35-55(49)59-56(50)51)57(42-29-31-48-47-17-6-7-22-53(47)58-54(48)34-42)41-27-25-39(26-28-41)45-18-8-14-37-13-4-5-16-44(37)45/h1-35H. The average molecular weight is 754 g/mol. The highest BCUT2D eigenvalue weighted by Gasteiger charge is 2.20. The number of rotatable bonds is 6. The molecular formula is C56H35NO2. The predicted octanol–water partition coefficient (Wildman–Crippen LogP) is 16.3. The summed E-state index contributed by atoms with van der Waals surface area (Å²) in [4.78, 5) is 2.29. The van der Waals surface area contributed by atoms with Gasteiger partial charge in [0.2, 0.25) is 0 Å². The Balaban J connectivity index is 1.01. The molecule has 0 aliphatic heterocycles. The molecule has 0 amide bonds. The zero-order valence-corrected chi connectivity index (χ0v) is 32.0. The smallest absolute Gasteiger partial charge is 0.143 e. The predicted molar refractivity (Wildman–Crippen MR) is 247 cm³/mol. The molecule has 0 fully saturated rings. The van der Waals surface area contributed by atoms with Crippen molar-refractivity contribution in [3.63, 3.8) is 0 Å². The van der Waals surface area contributed by atoms with E-state index in [1.807, 2.05) is 12.1 Å². The van der Waals surface area contributed by atoms with Crippen molar-refractivity contribution in [2.45, 2.75) is 0 Å². The maximum Gasteiger partial charge on any atom is 0.143 e. The second kappa shape index (κ2) is 13.4. The Bertz CT molecular complexity index is 3550. The van der Waals surface area contributed by atoms with Crippen LogP contribution in [0.25, 0.3) is 98.8 Å². The molecular weight excluding hydrogens is 719 g/mol. The van der Waals surface area contributed by atoms with Crippen molar-refractivity contribution in [2.75, 3.05) is 4.90 Å². The Labute approximate surface area is 340 Å². The van der Waals surface area contributed by atoms with E-state index in [1.54, 1.807) is 0 Å². The number of anilines is 3. The molecule has 0 radical (unpaired) electrons. The van der Waals surface area contributed by atoms with E-state index >= 15 is 0 Å². The van der Waals surface area contributed by atoms with E-state index in [4.69, 9.17) is 8.83 Å². The molecule has 12 aromatic rings. The second-order valence-electron chi connectivity index (χ2n) is 15.3. The van der Waals surface area contributed by atoms with Gasteiger partial charge < -0.3 is 13.7 Å². The van der Waals surface area contributed by atoms with Gasteiger partial charge in [0.05, 0.1) is 0 Å². The molecule has 0 bridgehead atoms. The van der Waals surface area contributed by atoms with Gasteiger partial charge >= 0.3 is 0 Å². The topological polar surface area (TPSA) is 29.5 Å². The lowest BCUT2D eigenvalue weighted by atomic mass is 9.94. The Kier molecular flexibility index (Phi) is 7.54. The molecule has 2 aromatic heterocycles. The molecule has 3 nitrogen and oxygen atoms in total. The molecule has 10 aromatic carbocycles. The Hall–Kier alpha value is -7.88. The first kappa shape index (κ1) is 33.3. The summed E-state index contributed by atoms with van der Waals surface area (Å²) in [6.45, 7) is 0. The first-order chi connectivity index (χ1) is 29.2. The van der Waals surface area contributed by atoms with Crippen LogP contribution in [0.1, 0.15) is 0 Å². The van der Waals surface area contributed by atoms with Crippen molar-refractivity contribution < 1.29 is 8.83 Å². The molecule has 0 atom stereocenters. The number of hydrogen-bond acceptors (Lipinski definition) is 3. The van der Waals surface area contributed by atoms with E-state index < -0.39 is 0 Å². The first-order valence-corrected chi connectivity index (χ1v) is 20.1. The van der Waals surface area contributed by atoms with E-state index in [-0.39, 0.29) is 0 Å². The molecule has 3 heteroatoms. The second-order valence-corrected chi connectivity index (χ2v) is 15.3. The third kappa shape index (κ3) is 5.51. The van der Waals surface area contributed by atoms with Gasteiger partial charge in [-0.1, -0.05) is 152 Å². The van der Waals surface area contributed by atoms with Gasteiger partial charge in [0.25, 0.3) is 0 Å². The van der Waals surface area contributed by atoms with E-state index in [0.29, 0.717) is 0 Å². The van der Waals surface area contributed by atoms with Crippen molar-refractivity contribution in [3.8, 4) is 33.4 Å². The highest BCUT2D eigenvalue weighted by Crippen LogP contribution is 2.44. The van der Waals surface area contributed by atoms with Crippen LogP contribution in [-0.4, -0.2) is 0 Å². The van der Waals surface area contributed by atoms with Crippen LogP contribution in [0.3, 0.4) is 0 Å². The summed E-state index contributed by atoms with van der Waals surface area (Å²) in [6.07, 6.45) is 0. The zero-order chi connectivity index (χ0) is 38.9. The van der Waals surface area contributed by atoms with E-state index in [1.165, 1.54) is 43.8 Å². The fourth-order valence-corrected chi connectivity index (χ4v) is 9.02. The van der Waals surface area contributed by atoms with Gasteiger partial charge in [-0.05, 0) is 97.9 Å². The van der Waals surface area contributed by atoms with Gasteiger partial charge in [0.1, 0.15) is 22.3 Å². The number of para-hydroxylation sites is 2. The molecule has 0 unspecified atom stereocenters. The maximum atomic E-state index is 6.95. The van der Waals surface area contributed by atoms with Crippen LogP contribution in [0, 0.1) is 0 Å². The molecule has 276 valence electrons. The molecule has 0 saturated heterocycles. The summed E-state index contributed by atoms with van der Waals surface area (Å²) >= 11 is 0. The molecule has 0 N–H and O–H groups in total. The minimum absolute atomic E-state index is 0.831. The number of hydrogen-bond donors (Lipinski definition) is 0. The highest BCUT2D eigenvalue weighted by molar-refractivity contribution is 6.13. The largest absolute Gasteiger partial charge is 0.456 e. The van der Waals surface area contributed by atoms with Crippen LogP contribution in [0.4, 0.5) is 17.1 Å². The van der Waals surface area contributed by atoms with Crippen molar-refractivity contribution in [2.24, 2.45) is 0 Å². The fraction of sp³-hybridized carbons (Fsp3) is 0. The summed E-state index contributed by atoms with van der Waals surface area (Å²) in [6, 6.07) is 75.6. The van der Waals surface area contributed by atoms with Crippen molar-refractivity contribution in [3.05, 3.63) is 212 Å². The molecule has 59 heavy (non-hydrogen) atoms. The number of benzene rings is 10. The summed E-state index contributed by atoms with van der Waals surface area (Å²) in [5, 5.41) is 9.24. The summed E-state index contributed by atoms with van der Waals surface area (Å²) < 4.78 is 13.4. The van der Waals surface area contributed by atoms with Crippen molar-refractivity contribution in [1.29, 1.82) is 0 Å². The highest BCUT2D eigenvalue weighted by atomic mass is 16.3. The molecule has 2 heterocycles. The first-order valence-electron chi connectivity index (χ1n) is 20.1. The average Bonchev–Trinajstić information content (AvgIpc) is 3.87.